The molecule has 134 valence electrons. The molecule has 0 saturated heterocycles. The highest BCUT2D eigenvalue weighted by molar-refractivity contribution is 7.80. The molecule has 1 unspecified atom stereocenters. The number of fused-ring (bicyclic) bond motifs is 1. The van der Waals surface area contributed by atoms with Crippen molar-refractivity contribution >= 4 is 34.8 Å². The van der Waals surface area contributed by atoms with E-state index in [0.29, 0.717) is 17.6 Å². The number of rotatable bonds is 7. The molecule has 6 heteroatoms. The molecule has 2 N–H and O–H groups in total. The van der Waals surface area contributed by atoms with Gasteiger partial charge in [0.1, 0.15) is 5.84 Å². The fourth-order valence-electron chi connectivity index (χ4n) is 3.48. The van der Waals surface area contributed by atoms with Gasteiger partial charge in [-0.25, -0.2) is 4.99 Å². The first-order valence-corrected chi connectivity index (χ1v) is 9.71. The van der Waals surface area contributed by atoms with Crippen molar-refractivity contribution in [2.75, 3.05) is 6.54 Å². The monoisotopic (exact) mass is 358 g/mol. The smallest absolute Gasteiger partial charge is 0.220 e. The van der Waals surface area contributed by atoms with Crippen molar-refractivity contribution in [3.05, 3.63) is 24.3 Å². The van der Waals surface area contributed by atoms with Crippen LogP contribution >= 0.6 is 12.2 Å². The first-order valence-electron chi connectivity index (χ1n) is 9.30. The number of carbonyl (C=O) groups excluding carboxylic acids is 1. The van der Waals surface area contributed by atoms with Gasteiger partial charge in [-0.15, -0.1) is 0 Å². The predicted molar refractivity (Wildman–Crippen MR) is 106 cm³/mol. The fourth-order valence-corrected chi connectivity index (χ4v) is 3.69. The lowest BCUT2D eigenvalue weighted by Crippen LogP contribution is -2.42. The molecule has 1 heterocycles. The Bertz CT molecular complexity index is 629. The molecular formula is C19H26N4OS. The minimum absolute atomic E-state index is 0.0916. The lowest BCUT2D eigenvalue weighted by Gasteiger charge is -2.24. The van der Waals surface area contributed by atoms with Crippen LogP contribution in [0.1, 0.15) is 51.4 Å². The van der Waals surface area contributed by atoms with Crippen molar-refractivity contribution in [2.24, 2.45) is 15.9 Å². The summed E-state index contributed by atoms with van der Waals surface area (Å²) in [5.41, 5.74) is 0.952. The van der Waals surface area contributed by atoms with Gasteiger partial charge in [0.25, 0.3) is 0 Å². The molecule has 1 aliphatic heterocycles. The standard InChI is InChI=1S/C19H26N4OS/c24-17(21-14-8-3-4-9-14)12-2-1-7-13-20-18-15-10-5-6-11-16(15)22-19(25)23-18/h5-6,10-11,14-15H,1-4,7-9,12-13H2,(H,21,24)(H,20,23,25). The van der Waals surface area contributed by atoms with Gasteiger partial charge in [-0.2, -0.15) is 0 Å². The Balaban J connectivity index is 1.35. The van der Waals surface area contributed by atoms with Gasteiger partial charge in [-0.05, 0) is 44.0 Å². The number of nitrogens with zero attached hydrogens (tertiary/aromatic N) is 2. The van der Waals surface area contributed by atoms with Crippen LogP contribution < -0.4 is 10.6 Å². The first-order chi connectivity index (χ1) is 12.2. The molecule has 5 nitrogen and oxygen atoms in total. The molecule has 0 aromatic carbocycles. The zero-order chi connectivity index (χ0) is 17.5. The summed E-state index contributed by atoms with van der Waals surface area (Å²) in [6.07, 6.45) is 16.4. The Kier molecular flexibility index (Phi) is 6.50. The van der Waals surface area contributed by atoms with Crippen LogP contribution in [0.5, 0.6) is 0 Å². The van der Waals surface area contributed by atoms with Crippen LogP contribution in [0, 0.1) is 5.92 Å². The molecule has 3 aliphatic rings. The summed E-state index contributed by atoms with van der Waals surface area (Å²) in [7, 11) is 0. The summed E-state index contributed by atoms with van der Waals surface area (Å²) in [5, 5.41) is 6.73. The van der Waals surface area contributed by atoms with Gasteiger partial charge < -0.3 is 10.6 Å². The molecule has 0 aromatic heterocycles. The lowest BCUT2D eigenvalue weighted by atomic mass is 9.96. The van der Waals surface area contributed by atoms with E-state index >= 15 is 0 Å². The van der Waals surface area contributed by atoms with Crippen LogP contribution in [0.2, 0.25) is 0 Å². The number of hydrogen-bond donors (Lipinski definition) is 2. The summed E-state index contributed by atoms with van der Waals surface area (Å²) in [4.78, 5) is 20.9. The highest BCUT2D eigenvalue weighted by Gasteiger charge is 2.24. The minimum Gasteiger partial charge on any atom is -0.353 e. The second kappa shape index (κ2) is 9.04. The van der Waals surface area contributed by atoms with E-state index in [4.69, 9.17) is 12.2 Å². The van der Waals surface area contributed by atoms with Crippen molar-refractivity contribution in [1.82, 2.24) is 10.6 Å². The van der Waals surface area contributed by atoms with Gasteiger partial charge in [-0.1, -0.05) is 37.5 Å². The molecule has 0 spiro atoms. The van der Waals surface area contributed by atoms with Gasteiger partial charge in [-0.3, -0.25) is 9.79 Å². The maximum absolute atomic E-state index is 11.9. The van der Waals surface area contributed by atoms with E-state index in [1.807, 2.05) is 18.2 Å². The number of thiocarbonyl (C=S) groups is 1. The van der Waals surface area contributed by atoms with E-state index in [-0.39, 0.29) is 11.8 Å². The molecule has 1 amide bonds. The zero-order valence-electron chi connectivity index (χ0n) is 14.5. The normalized spacial score (nSPS) is 24.2. The highest BCUT2D eigenvalue weighted by atomic mass is 32.1. The number of unbranched alkanes of at least 4 members (excludes halogenated alkanes) is 2. The second-order valence-electron chi connectivity index (χ2n) is 6.82. The van der Waals surface area contributed by atoms with Crippen molar-refractivity contribution in [3.63, 3.8) is 0 Å². The van der Waals surface area contributed by atoms with Crippen molar-refractivity contribution in [2.45, 2.75) is 57.4 Å². The van der Waals surface area contributed by atoms with Gasteiger partial charge in [0.2, 0.25) is 5.91 Å². The van der Waals surface area contributed by atoms with Gasteiger partial charge in [0.15, 0.2) is 5.11 Å². The van der Waals surface area contributed by atoms with E-state index in [1.54, 1.807) is 0 Å². The summed E-state index contributed by atoms with van der Waals surface area (Å²) in [5.74, 6) is 1.18. The van der Waals surface area contributed by atoms with Crippen LogP contribution in [0.15, 0.2) is 34.3 Å². The van der Waals surface area contributed by atoms with E-state index in [0.717, 1.165) is 50.2 Å². The molecule has 1 atom stereocenters. The number of hydrogen-bond acceptors (Lipinski definition) is 3. The zero-order valence-corrected chi connectivity index (χ0v) is 15.4. The maximum Gasteiger partial charge on any atom is 0.220 e. The Labute approximate surface area is 154 Å². The largest absolute Gasteiger partial charge is 0.353 e. The van der Waals surface area contributed by atoms with Crippen LogP contribution in [0.3, 0.4) is 0 Å². The van der Waals surface area contributed by atoms with Crippen LogP contribution in [0.25, 0.3) is 0 Å². The van der Waals surface area contributed by atoms with Crippen LogP contribution in [0.4, 0.5) is 0 Å². The van der Waals surface area contributed by atoms with E-state index in [2.05, 4.69) is 26.7 Å². The molecule has 25 heavy (non-hydrogen) atoms. The number of carbonyl (C=O) groups is 1. The van der Waals surface area contributed by atoms with E-state index < -0.39 is 0 Å². The number of aliphatic imine (C=N–C) groups is 2. The highest BCUT2D eigenvalue weighted by Crippen LogP contribution is 2.18. The van der Waals surface area contributed by atoms with Crippen molar-refractivity contribution in [3.8, 4) is 0 Å². The number of amidine groups is 1. The van der Waals surface area contributed by atoms with Crippen molar-refractivity contribution in [1.29, 1.82) is 0 Å². The molecule has 3 rings (SSSR count). The van der Waals surface area contributed by atoms with Crippen molar-refractivity contribution < 1.29 is 4.79 Å². The molecule has 2 aliphatic carbocycles. The molecule has 0 radical (unpaired) electrons. The second-order valence-corrected chi connectivity index (χ2v) is 7.20. The third kappa shape index (κ3) is 5.33. The summed E-state index contributed by atoms with van der Waals surface area (Å²) >= 11 is 5.18. The summed E-state index contributed by atoms with van der Waals surface area (Å²) in [6, 6.07) is 0.425. The predicted octanol–water partition coefficient (Wildman–Crippen LogP) is 3.08. The Morgan fingerprint density at radius 2 is 2.12 bits per heavy atom. The quantitative estimate of drug-likeness (QED) is 0.543. The number of nitrogens with one attached hydrogen (secondary N) is 2. The maximum atomic E-state index is 11.9. The average Bonchev–Trinajstić information content (AvgIpc) is 3.10. The van der Waals surface area contributed by atoms with Gasteiger partial charge in [0.05, 0.1) is 11.6 Å². The topological polar surface area (TPSA) is 65.8 Å². The summed E-state index contributed by atoms with van der Waals surface area (Å²) in [6.45, 7) is 0.747. The molecule has 0 bridgehead atoms. The van der Waals surface area contributed by atoms with Gasteiger partial charge >= 0.3 is 0 Å². The third-order valence-electron chi connectivity index (χ3n) is 4.82. The van der Waals surface area contributed by atoms with E-state index in [9.17, 15) is 4.79 Å². The molecule has 1 saturated carbocycles. The minimum atomic E-state index is 0.0916. The summed E-state index contributed by atoms with van der Waals surface area (Å²) < 4.78 is 0. The van der Waals surface area contributed by atoms with E-state index in [1.165, 1.54) is 12.8 Å². The fraction of sp³-hybridized carbons (Fsp3) is 0.579. The SMILES string of the molecule is O=C(CCCCCN=C1NC(=S)N=C2C=CC=CC21)NC1CCCC1. The molecule has 1 fully saturated rings. The first kappa shape index (κ1) is 18.0. The number of allylic oxidation sites excluding steroid dienone is 3. The lowest BCUT2D eigenvalue weighted by molar-refractivity contribution is -0.121. The number of amides is 1. The third-order valence-corrected chi connectivity index (χ3v) is 5.02. The Morgan fingerprint density at radius 3 is 2.96 bits per heavy atom. The van der Waals surface area contributed by atoms with Gasteiger partial charge in [0, 0.05) is 19.0 Å². The van der Waals surface area contributed by atoms with Crippen LogP contribution in [-0.4, -0.2) is 35.2 Å². The Hall–Kier alpha value is -1.82. The average molecular weight is 359 g/mol. The Morgan fingerprint density at radius 1 is 1.28 bits per heavy atom. The molecular weight excluding hydrogens is 332 g/mol. The molecule has 0 aromatic rings. The van der Waals surface area contributed by atoms with Crippen LogP contribution in [-0.2, 0) is 4.79 Å².